The summed E-state index contributed by atoms with van der Waals surface area (Å²) in [4.78, 5) is 6.58. The van der Waals surface area contributed by atoms with Crippen molar-refractivity contribution in [1.82, 2.24) is 9.88 Å². The Hall–Kier alpha value is -1.09. The van der Waals surface area contributed by atoms with Gasteiger partial charge in [-0.25, -0.2) is 4.98 Å². The molecule has 0 aliphatic carbocycles. The van der Waals surface area contributed by atoms with Crippen LogP contribution in [0, 0.1) is 6.92 Å². The van der Waals surface area contributed by atoms with Crippen LogP contribution in [0.1, 0.15) is 18.4 Å². The third-order valence-electron chi connectivity index (χ3n) is 2.98. The second-order valence-electron chi connectivity index (χ2n) is 4.26. The Kier molecular flexibility index (Phi) is 3.21. The van der Waals surface area contributed by atoms with Crippen molar-refractivity contribution < 1.29 is 4.74 Å². The van der Waals surface area contributed by atoms with E-state index < -0.39 is 0 Å². The number of hydrogen-bond acceptors (Lipinski definition) is 3. The van der Waals surface area contributed by atoms with Gasteiger partial charge in [0.25, 0.3) is 0 Å². The minimum Gasteiger partial charge on any atom is -0.476 e. The van der Waals surface area contributed by atoms with Gasteiger partial charge < -0.3 is 9.64 Å². The van der Waals surface area contributed by atoms with Crippen LogP contribution in [0.4, 0.5) is 0 Å². The topological polar surface area (TPSA) is 25.4 Å². The van der Waals surface area contributed by atoms with Gasteiger partial charge >= 0.3 is 0 Å². The Morgan fingerprint density at radius 1 is 1.53 bits per heavy atom. The number of nitrogens with zero attached hydrogens (tertiary/aromatic N) is 2. The van der Waals surface area contributed by atoms with Crippen molar-refractivity contribution >= 4 is 0 Å². The van der Waals surface area contributed by atoms with Gasteiger partial charge in [0.05, 0.1) is 0 Å². The molecule has 15 heavy (non-hydrogen) atoms. The van der Waals surface area contributed by atoms with Gasteiger partial charge in [0, 0.05) is 18.3 Å². The Balaban J connectivity index is 1.85. The van der Waals surface area contributed by atoms with E-state index in [0.717, 1.165) is 12.5 Å². The first-order chi connectivity index (χ1) is 7.25. The number of ether oxygens (including phenoxy) is 1. The lowest BCUT2D eigenvalue weighted by molar-refractivity contribution is 0.193. The van der Waals surface area contributed by atoms with Crippen molar-refractivity contribution in [2.75, 3.05) is 20.2 Å². The van der Waals surface area contributed by atoms with Gasteiger partial charge in [-0.3, -0.25) is 0 Å². The minimum atomic E-state index is 0.563. The van der Waals surface area contributed by atoms with Crippen molar-refractivity contribution in [2.24, 2.45) is 0 Å². The third-order valence-corrected chi connectivity index (χ3v) is 2.98. The Morgan fingerprint density at radius 2 is 2.40 bits per heavy atom. The normalized spacial score (nSPS) is 21.9. The minimum absolute atomic E-state index is 0.563. The number of likely N-dealkylation sites (N-methyl/N-ethyl adjacent to an activating group) is 1. The highest BCUT2D eigenvalue weighted by Crippen LogP contribution is 2.16. The van der Waals surface area contributed by atoms with E-state index in [1.807, 2.05) is 25.3 Å². The molecule has 0 N–H and O–H groups in total. The van der Waals surface area contributed by atoms with Crippen molar-refractivity contribution in [2.45, 2.75) is 25.8 Å². The van der Waals surface area contributed by atoms with E-state index in [4.69, 9.17) is 4.74 Å². The highest BCUT2D eigenvalue weighted by molar-refractivity contribution is 5.16. The summed E-state index contributed by atoms with van der Waals surface area (Å²) in [5.74, 6) is 0.737. The molecular weight excluding hydrogens is 188 g/mol. The summed E-state index contributed by atoms with van der Waals surface area (Å²) in [6, 6.07) is 4.53. The molecule has 1 aliphatic heterocycles. The SMILES string of the molecule is Cc1ccc(OCC2CCCN2C)nc1. The maximum Gasteiger partial charge on any atom is 0.213 e. The first-order valence-electron chi connectivity index (χ1n) is 5.51. The molecular formula is C12H18N2O. The second kappa shape index (κ2) is 4.62. The summed E-state index contributed by atoms with van der Waals surface area (Å²) in [6.07, 6.45) is 4.36. The van der Waals surface area contributed by atoms with E-state index >= 15 is 0 Å². The lowest BCUT2D eigenvalue weighted by atomic mass is 10.2. The molecule has 0 amide bonds. The van der Waals surface area contributed by atoms with Crippen LogP contribution in [0.15, 0.2) is 18.3 Å². The lowest BCUT2D eigenvalue weighted by Gasteiger charge is -2.19. The van der Waals surface area contributed by atoms with Crippen LogP contribution >= 0.6 is 0 Å². The quantitative estimate of drug-likeness (QED) is 0.755. The monoisotopic (exact) mass is 206 g/mol. The van der Waals surface area contributed by atoms with Gasteiger partial charge in [0.15, 0.2) is 0 Å². The van der Waals surface area contributed by atoms with Crippen LogP contribution < -0.4 is 4.74 Å². The van der Waals surface area contributed by atoms with E-state index in [-0.39, 0.29) is 0 Å². The summed E-state index contributed by atoms with van der Waals surface area (Å²) in [5, 5.41) is 0. The molecule has 0 aromatic carbocycles. The molecule has 1 saturated heterocycles. The zero-order valence-electron chi connectivity index (χ0n) is 9.44. The fourth-order valence-electron chi connectivity index (χ4n) is 1.91. The van der Waals surface area contributed by atoms with Crippen molar-refractivity contribution in [3.63, 3.8) is 0 Å². The van der Waals surface area contributed by atoms with Crippen molar-refractivity contribution in [3.05, 3.63) is 23.9 Å². The molecule has 0 radical (unpaired) electrons. The van der Waals surface area contributed by atoms with Crippen molar-refractivity contribution in [3.8, 4) is 5.88 Å². The molecule has 3 nitrogen and oxygen atoms in total. The molecule has 2 heterocycles. The number of aryl methyl sites for hydroxylation is 1. The van der Waals surface area contributed by atoms with Crippen LogP contribution in [-0.2, 0) is 0 Å². The lowest BCUT2D eigenvalue weighted by Crippen LogP contribution is -2.30. The van der Waals surface area contributed by atoms with E-state index in [9.17, 15) is 0 Å². The maximum absolute atomic E-state index is 5.66. The van der Waals surface area contributed by atoms with E-state index in [1.165, 1.54) is 24.9 Å². The Morgan fingerprint density at radius 3 is 3.00 bits per heavy atom. The molecule has 1 aromatic heterocycles. The molecule has 3 heteroatoms. The molecule has 82 valence electrons. The molecule has 0 bridgehead atoms. The first kappa shape index (κ1) is 10.4. The van der Waals surface area contributed by atoms with Crippen molar-refractivity contribution in [1.29, 1.82) is 0 Å². The highest BCUT2D eigenvalue weighted by Gasteiger charge is 2.21. The molecule has 0 spiro atoms. The van der Waals surface area contributed by atoms with Gasteiger partial charge in [-0.15, -0.1) is 0 Å². The number of pyridine rings is 1. The van der Waals surface area contributed by atoms with Crippen LogP contribution in [0.25, 0.3) is 0 Å². The van der Waals surface area contributed by atoms with Crippen LogP contribution in [0.5, 0.6) is 5.88 Å². The zero-order chi connectivity index (χ0) is 10.7. The van der Waals surface area contributed by atoms with E-state index in [1.54, 1.807) is 0 Å². The summed E-state index contributed by atoms with van der Waals surface area (Å²) in [6.45, 7) is 3.98. The molecule has 1 fully saturated rings. The van der Waals surface area contributed by atoms with Gasteiger partial charge in [0.2, 0.25) is 5.88 Å². The molecule has 0 saturated carbocycles. The van der Waals surface area contributed by atoms with Crippen LogP contribution in [-0.4, -0.2) is 36.1 Å². The molecule has 1 aromatic rings. The number of hydrogen-bond donors (Lipinski definition) is 0. The van der Waals surface area contributed by atoms with Gasteiger partial charge in [0.1, 0.15) is 6.61 Å². The Labute approximate surface area is 91.1 Å². The molecule has 1 unspecified atom stereocenters. The molecule has 1 aliphatic rings. The zero-order valence-corrected chi connectivity index (χ0v) is 9.44. The largest absolute Gasteiger partial charge is 0.476 e. The number of rotatable bonds is 3. The third kappa shape index (κ3) is 2.69. The van der Waals surface area contributed by atoms with Crippen LogP contribution in [0.3, 0.4) is 0 Å². The fraction of sp³-hybridized carbons (Fsp3) is 0.583. The summed E-state index contributed by atoms with van der Waals surface area (Å²) < 4.78 is 5.66. The Bertz CT molecular complexity index is 310. The summed E-state index contributed by atoms with van der Waals surface area (Å²) in [5.41, 5.74) is 1.17. The first-order valence-corrected chi connectivity index (χ1v) is 5.51. The van der Waals surface area contributed by atoms with E-state index in [2.05, 4.69) is 16.9 Å². The predicted octanol–water partition coefficient (Wildman–Crippen LogP) is 1.86. The second-order valence-corrected chi connectivity index (χ2v) is 4.26. The van der Waals surface area contributed by atoms with Gasteiger partial charge in [-0.05, 0) is 38.9 Å². The average molecular weight is 206 g/mol. The summed E-state index contributed by atoms with van der Waals surface area (Å²) >= 11 is 0. The van der Waals surface area contributed by atoms with E-state index in [0.29, 0.717) is 6.04 Å². The van der Waals surface area contributed by atoms with Gasteiger partial charge in [-0.2, -0.15) is 0 Å². The van der Waals surface area contributed by atoms with Gasteiger partial charge in [-0.1, -0.05) is 6.07 Å². The molecule has 1 atom stereocenters. The standard InChI is InChI=1S/C12H18N2O/c1-10-5-6-12(13-8-10)15-9-11-4-3-7-14(11)2/h5-6,8,11H,3-4,7,9H2,1-2H3. The maximum atomic E-state index is 5.66. The average Bonchev–Trinajstić information content (AvgIpc) is 2.63. The number of aromatic nitrogens is 1. The highest BCUT2D eigenvalue weighted by atomic mass is 16.5. The smallest absolute Gasteiger partial charge is 0.213 e. The predicted molar refractivity (Wildman–Crippen MR) is 60.1 cm³/mol. The summed E-state index contributed by atoms with van der Waals surface area (Å²) in [7, 11) is 2.16. The van der Waals surface area contributed by atoms with Crippen LogP contribution in [0.2, 0.25) is 0 Å². The fourth-order valence-corrected chi connectivity index (χ4v) is 1.91. The molecule has 2 rings (SSSR count). The number of likely N-dealkylation sites (tertiary alicyclic amines) is 1.